The maximum absolute atomic E-state index is 8.63. The molecule has 0 saturated heterocycles. The Morgan fingerprint density at radius 1 is 1.26 bits per heavy atom. The van der Waals surface area contributed by atoms with E-state index in [9.17, 15) is 0 Å². The van der Waals surface area contributed by atoms with E-state index in [1.165, 1.54) is 28.4 Å². The monoisotopic (exact) mass is 269 g/mol. The number of rotatable bonds is 4. The first-order valence-corrected chi connectivity index (χ1v) is 7.34. The van der Waals surface area contributed by atoms with Crippen LogP contribution in [0.2, 0.25) is 0 Å². The van der Waals surface area contributed by atoms with Crippen molar-refractivity contribution in [1.82, 2.24) is 4.98 Å². The van der Waals surface area contributed by atoms with Crippen molar-refractivity contribution in [3.05, 3.63) is 45.4 Å². The Balaban J connectivity index is 1.60. The molecular formula is C15H15N3S. The zero-order chi connectivity index (χ0) is 13.1. The van der Waals surface area contributed by atoms with Crippen molar-refractivity contribution >= 4 is 17.0 Å². The number of fused-ring (bicyclic) bond motifs is 1. The molecule has 1 N–H and O–H groups in total. The van der Waals surface area contributed by atoms with Crippen molar-refractivity contribution in [1.29, 1.82) is 5.26 Å². The Morgan fingerprint density at radius 2 is 2.11 bits per heavy atom. The van der Waals surface area contributed by atoms with Crippen LogP contribution in [0.5, 0.6) is 0 Å². The SMILES string of the molecule is N#CCc1ccc(NCc2nc3c(s2)CCC3)cc1. The molecule has 0 radical (unpaired) electrons. The lowest BCUT2D eigenvalue weighted by Gasteiger charge is -2.04. The van der Waals surface area contributed by atoms with Crippen LogP contribution in [0.3, 0.4) is 0 Å². The third kappa shape index (κ3) is 2.77. The predicted molar refractivity (Wildman–Crippen MR) is 77.2 cm³/mol. The molecule has 0 unspecified atom stereocenters. The number of anilines is 1. The van der Waals surface area contributed by atoms with Gasteiger partial charge in [0, 0.05) is 10.6 Å². The Hall–Kier alpha value is -1.86. The van der Waals surface area contributed by atoms with E-state index in [4.69, 9.17) is 5.26 Å². The molecule has 0 fully saturated rings. The van der Waals surface area contributed by atoms with Crippen LogP contribution < -0.4 is 5.32 Å². The molecule has 0 bridgehead atoms. The maximum Gasteiger partial charge on any atom is 0.112 e. The molecule has 1 aromatic carbocycles. The van der Waals surface area contributed by atoms with Crippen molar-refractivity contribution in [2.75, 3.05) is 5.32 Å². The summed E-state index contributed by atoms with van der Waals surface area (Å²) >= 11 is 1.84. The van der Waals surface area contributed by atoms with E-state index in [1.807, 2.05) is 35.6 Å². The van der Waals surface area contributed by atoms with Gasteiger partial charge in [-0.15, -0.1) is 11.3 Å². The van der Waals surface area contributed by atoms with Gasteiger partial charge in [-0.3, -0.25) is 0 Å². The molecule has 96 valence electrons. The summed E-state index contributed by atoms with van der Waals surface area (Å²) in [4.78, 5) is 6.14. The fourth-order valence-electron chi connectivity index (χ4n) is 2.33. The van der Waals surface area contributed by atoms with E-state index >= 15 is 0 Å². The number of nitrogens with zero attached hydrogens (tertiary/aromatic N) is 2. The summed E-state index contributed by atoms with van der Waals surface area (Å²) in [6.45, 7) is 0.787. The molecule has 0 aliphatic heterocycles. The Labute approximate surface area is 116 Å². The molecule has 0 saturated carbocycles. The highest BCUT2D eigenvalue weighted by molar-refractivity contribution is 7.11. The Kier molecular flexibility index (Phi) is 3.47. The number of nitriles is 1. The van der Waals surface area contributed by atoms with Crippen LogP contribution in [0.25, 0.3) is 0 Å². The second kappa shape index (κ2) is 5.41. The molecule has 1 heterocycles. The van der Waals surface area contributed by atoms with Crippen molar-refractivity contribution in [2.24, 2.45) is 0 Å². The zero-order valence-electron chi connectivity index (χ0n) is 10.6. The third-order valence-electron chi connectivity index (χ3n) is 3.32. The molecule has 4 heteroatoms. The van der Waals surface area contributed by atoms with Crippen LogP contribution in [-0.2, 0) is 25.8 Å². The minimum absolute atomic E-state index is 0.472. The third-order valence-corrected chi connectivity index (χ3v) is 4.48. The molecule has 1 aromatic heterocycles. The number of thiazole rings is 1. The number of aryl methyl sites for hydroxylation is 2. The van der Waals surface area contributed by atoms with Gasteiger partial charge in [0.2, 0.25) is 0 Å². The van der Waals surface area contributed by atoms with Crippen LogP contribution in [0.15, 0.2) is 24.3 Å². The van der Waals surface area contributed by atoms with Gasteiger partial charge >= 0.3 is 0 Å². The molecule has 3 nitrogen and oxygen atoms in total. The van der Waals surface area contributed by atoms with Gasteiger partial charge in [-0.1, -0.05) is 12.1 Å². The number of hydrogen-bond donors (Lipinski definition) is 1. The van der Waals surface area contributed by atoms with Crippen LogP contribution in [-0.4, -0.2) is 4.98 Å². The summed E-state index contributed by atoms with van der Waals surface area (Å²) in [5, 5.41) is 13.2. The summed E-state index contributed by atoms with van der Waals surface area (Å²) in [5.41, 5.74) is 3.45. The van der Waals surface area contributed by atoms with Gasteiger partial charge in [-0.2, -0.15) is 5.26 Å². The standard InChI is InChI=1S/C15H15N3S/c16-9-8-11-4-6-12(7-5-11)17-10-15-18-13-2-1-3-14(13)19-15/h4-7,17H,1-3,8,10H2. The molecule has 0 spiro atoms. The van der Waals surface area contributed by atoms with Gasteiger partial charge < -0.3 is 5.32 Å². The van der Waals surface area contributed by atoms with E-state index in [2.05, 4.69) is 16.4 Å². The summed E-state index contributed by atoms with van der Waals surface area (Å²) in [5.74, 6) is 0. The van der Waals surface area contributed by atoms with Crippen molar-refractivity contribution in [3.8, 4) is 6.07 Å². The fraction of sp³-hybridized carbons (Fsp3) is 0.333. The number of nitrogens with one attached hydrogen (secondary N) is 1. The second-order valence-corrected chi connectivity index (χ2v) is 5.88. The Morgan fingerprint density at radius 3 is 2.84 bits per heavy atom. The second-order valence-electron chi connectivity index (χ2n) is 4.72. The van der Waals surface area contributed by atoms with Crippen LogP contribution >= 0.6 is 11.3 Å². The summed E-state index contributed by atoms with van der Waals surface area (Å²) in [6, 6.07) is 10.2. The van der Waals surface area contributed by atoms with Gasteiger partial charge in [0.25, 0.3) is 0 Å². The largest absolute Gasteiger partial charge is 0.379 e. The van der Waals surface area contributed by atoms with Gasteiger partial charge in [0.15, 0.2) is 0 Å². The molecule has 1 aliphatic rings. The summed E-state index contributed by atoms with van der Waals surface area (Å²) in [7, 11) is 0. The number of aromatic nitrogens is 1. The first kappa shape index (κ1) is 12.2. The van der Waals surface area contributed by atoms with Gasteiger partial charge in [-0.05, 0) is 37.0 Å². The van der Waals surface area contributed by atoms with Crippen LogP contribution in [0.4, 0.5) is 5.69 Å². The number of hydrogen-bond acceptors (Lipinski definition) is 4. The molecule has 19 heavy (non-hydrogen) atoms. The minimum Gasteiger partial charge on any atom is -0.379 e. The van der Waals surface area contributed by atoms with Gasteiger partial charge in [-0.25, -0.2) is 4.98 Å². The average Bonchev–Trinajstić information content (AvgIpc) is 2.99. The maximum atomic E-state index is 8.63. The highest BCUT2D eigenvalue weighted by Crippen LogP contribution is 2.27. The Bertz CT molecular complexity index is 586. The molecule has 1 aliphatic carbocycles. The molecule has 0 amide bonds. The van der Waals surface area contributed by atoms with Crippen molar-refractivity contribution in [2.45, 2.75) is 32.2 Å². The molecular weight excluding hydrogens is 254 g/mol. The quantitative estimate of drug-likeness (QED) is 0.926. The lowest BCUT2D eigenvalue weighted by Crippen LogP contribution is -1.99. The van der Waals surface area contributed by atoms with Crippen molar-refractivity contribution < 1.29 is 0 Å². The highest BCUT2D eigenvalue weighted by atomic mass is 32.1. The fourth-order valence-corrected chi connectivity index (χ4v) is 3.43. The van der Waals surface area contributed by atoms with E-state index in [0.717, 1.165) is 24.2 Å². The lowest BCUT2D eigenvalue weighted by molar-refractivity contribution is 0.891. The molecule has 0 atom stereocenters. The van der Waals surface area contributed by atoms with E-state index in [-0.39, 0.29) is 0 Å². The molecule has 3 rings (SSSR count). The summed E-state index contributed by atoms with van der Waals surface area (Å²) < 4.78 is 0. The van der Waals surface area contributed by atoms with Crippen LogP contribution in [0, 0.1) is 11.3 Å². The first-order chi connectivity index (χ1) is 9.35. The minimum atomic E-state index is 0.472. The topological polar surface area (TPSA) is 48.7 Å². The zero-order valence-corrected chi connectivity index (χ0v) is 11.5. The lowest BCUT2D eigenvalue weighted by atomic mass is 10.1. The highest BCUT2D eigenvalue weighted by Gasteiger charge is 2.16. The molecule has 2 aromatic rings. The number of benzene rings is 1. The van der Waals surface area contributed by atoms with E-state index in [0.29, 0.717) is 6.42 Å². The summed E-state index contributed by atoms with van der Waals surface area (Å²) in [6.07, 6.45) is 4.09. The normalized spacial score (nSPS) is 13.0. The van der Waals surface area contributed by atoms with E-state index in [1.54, 1.807) is 0 Å². The van der Waals surface area contributed by atoms with Gasteiger partial charge in [0.05, 0.1) is 24.7 Å². The average molecular weight is 269 g/mol. The van der Waals surface area contributed by atoms with Crippen LogP contribution in [0.1, 0.15) is 27.6 Å². The first-order valence-electron chi connectivity index (χ1n) is 6.52. The van der Waals surface area contributed by atoms with Gasteiger partial charge in [0.1, 0.15) is 5.01 Å². The van der Waals surface area contributed by atoms with Crippen molar-refractivity contribution in [3.63, 3.8) is 0 Å². The smallest absolute Gasteiger partial charge is 0.112 e. The van der Waals surface area contributed by atoms with E-state index < -0.39 is 0 Å². The predicted octanol–water partition coefficient (Wildman–Crippen LogP) is 3.31.